The van der Waals surface area contributed by atoms with Gasteiger partial charge in [-0.15, -0.1) is 0 Å². The molecule has 0 unspecified atom stereocenters. The molecule has 1 aliphatic heterocycles. The minimum absolute atomic E-state index is 0.241. The Labute approximate surface area is 173 Å². The fraction of sp³-hybridized carbons (Fsp3) is 0.400. The van der Waals surface area contributed by atoms with E-state index in [-0.39, 0.29) is 6.42 Å². The third kappa shape index (κ3) is 4.95. The molecule has 0 radical (unpaired) electrons. The zero-order chi connectivity index (χ0) is 20.1. The van der Waals surface area contributed by atoms with Gasteiger partial charge in [-0.25, -0.2) is 0 Å². The van der Waals surface area contributed by atoms with E-state index in [0.29, 0.717) is 6.54 Å². The third-order valence-corrected chi connectivity index (χ3v) is 6.18. The van der Waals surface area contributed by atoms with E-state index in [0.717, 1.165) is 52.0 Å². The average Bonchev–Trinajstić information content (AvgIpc) is 2.90. The highest BCUT2D eigenvalue weighted by Gasteiger charge is 2.19. The van der Waals surface area contributed by atoms with Crippen molar-refractivity contribution in [2.75, 3.05) is 39.3 Å². The molecule has 0 aromatic heterocycles. The second-order valence-corrected chi connectivity index (χ2v) is 8.05. The summed E-state index contributed by atoms with van der Waals surface area (Å²) < 4.78 is 0. The van der Waals surface area contributed by atoms with Crippen molar-refractivity contribution in [2.45, 2.75) is 25.7 Å². The van der Waals surface area contributed by atoms with Crippen LogP contribution in [0.1, 0.15) is 35.1 Å². The van der Waals surface area contributed by atoms with Gasteiger partial charge in [0.1, 0.15) is 0 Å². The normalized spacial score (nSPS) is 17.3. The van der Waals surface area contributed by atoms with Gasteiger partial charge in [-0.1, -0.05) is 54.6 Å². The molecule has 2 aromatic carbocycles. The summed E-state index contributed by atoms with van der Waals surface area (Å²) in [7, 11) is 0. The molecule has 29 heavy (non-hydrogen) atoms. The van der Waals surface area contributed by atoms with Crippen molar-refractivity contribution >= 4 is 11.5 Å². The van der Waals surface area contributed by atoms with Crippen LogP contribution in [0.2, 0.25) is 0 Å². The maximum Gasteiger partial charge on any atom is 0.304 e. The summed E-state index contributed by atoms with van der Waals surface area (Å²) in [5.74, 6) is -0.706. The van der Waals surface area contributed by atoms with Crippen molar-refractivity contribution in [1.82, 2.24) is 9.80 Å². The number of hydrogen-bond donors (Lipinski definition) is 1. The number of aliphatic carboxylic acids is 1. The lowest BCUT2D eigenvalue weighted by atomic mass is 9.93. The number of carbonyl (C=O) groups is 1. The number of carboxylic acid groups (broad SMARTS) is 1. The first-order valence-corrected chi connectivity index (χ1v) is 10.7. The number of rotatable bonds is 6. The topological polar surface area (TPSA) is 43.8 Å². The Morgan fingerprint density at radius 2 is 1.34 bits per heavy atom. The Balaban J connectivity index is 1.42. The van der Waals surface area contributed by atoms with E-state index < -0.39 is 5.97 Å². The Hall–Kier alpha value is -2.43. The number of aryl methyl sites for hydroxylation is 2. The van der Waals surface area contributed by atoms with E-state index in [1.807, 2.05) is 0 Å². The molecule has 1 aliphatic carbocycles. The Bertz CT molecular complexity index is 832. The van der Waals surface area contributed by atoms with E-state index in [9.17, 15) is 4.79 Å². The van der Waals surface area contributed by atoms with Crippen LogP contribution >= 0.6 is 0 Å². The summed E-state index contributed by atoms with van der Waals surface area (Å²) in [5, 5.41) is 8.85. The quantitative estimate of drug-likeness (QED) is 0.817. The van der Waals surface area contributed by atoms with Crippen LogP contribution in [-0.4, -0.2) is 60.1 Å². The van der Waals surface area contributed by atoms with E-state index in [4.69, 9.17) is 5.11 Å². The number of piperazine rings is 1. The van der Waals surface area contributed by atoms with E-state index in [2.05, 4.69) is 64.4 Å². The van der Waals surface area contributed by atoms with Crippen molar-refractivity contribution in [1.29, 1.82) is 0 Å². The summed E-state index contributed by atoms with van der Waals surface area (Å²) in [6.45, 7) is 5.71. The second-order valence-electron chi connectivity index (χ2n) is 8.05. The lowest BCUT2D eigenvalue weighted by Crippen LogP contribution is -2.46. The van der Waals surface area contributed by atoms with Gasteiger partial charge >= 0.3 is 5.97 Å². The van der Waals surface area contributed by atoms with Crippen LogP contribution in [0.4, 0.5) is 0 Å². The predicted octanol–water partition coefficient (Wildman–Crippen LogP) is 3.70. The molecule has 1 saturated heterocycles. The maximum atomic E-state index is 10.8. The number of hydrogen-bond acceptors (Lipinski definition) is 3. The molecule has 1 fully saturated rings. The van der Waals surface area contributed by atoms with Crippen LogP contribution in [0.3, 0.4) is 0 Å². The Morgan fingerprint density at radius 1 is 0.828 bits per heavy atom. The van der Waals surface area contributed by atoms with E-state index in [1.54, 1.807) is 0 Å². The van der Waals surface area contributed by atoms with Crippen LogP contribution in [0.5, 0.6) is 0 Å². The molecule has 2 aromatic rings. The van der Waals surface area contributed by atoms with E-state index >= 15 is 0 Å². The highest BCUT2D eigenvalue weighted by Crippen LogP contribution is 2.33. The van der Waals surface area contributed by atoms with Crippen LogP contribution in [-0.2, 0) is 17.6 Å². The second kappa shape index (κ2) is 9.38. The van der Waals surface area contributed by atoms with Gasteiger partial charge in [0.2, 0.25) is 0 Å². The molecule has 4 nitrogen and oxygen atoms in total. The van der Waals surface area contributed by atoms with Crippen molar-refractivity contribution in [3.05, 3.63) is 76.9 Å². The first-order valence-electron chi connectivity index (χ1n) is 10.7. The monoisotopic (exact) mass is 390 g/mol. The van der Waals surface area contributed by atoms with Gasteiger partial charge in [-0.3, -0.25) is 4.79 Å². The van der Waals surface area contributed by atoms with Gasteiger partial charge in [0.15, 0.2) is 0 Å². The SMILES string of the molecule is O=C(O)CCN1CCN(CCC=C2c3ccccc3CCc3ccccc32)CC1. The smallest absolute Gasteiger partial charge is 0.304 e. The minimum Gasteiger partial charge on any atom is -0.481 e. The zero-order valence-electron chi connectivity index (χ0n) is 17.0. The lowest BCUT2D eigenvalue weighted by molar-refractivity contribution is -0.137. The van der Waals surface area contributed by atoms with Crippen molar-refractivity contribution in [3.8, 4) is 0 Å². The van der Waals surface area contributed by atoms with Crippen molar-refractivity contribution in [3.63, 3.8) is 0 Å². The first kappa shape index (κ1) is 19.9. The average molecular weight is 391 g/mol. The molecule has 4 heteroatoms. The van der Waals surface area contributed by atoms with E-state index in [1.165, 1.54) is 27.8 Å². The fourth-order valence-corrected chi connectivity index (χ4v) is 4.52. The van der Waals surface area contributed by atoms with Gasteiger partial charge in [-0.05, 0) is 47.1 Å². The maximum absolute atomic E-state index is 10.8. The number of benzene rings is 2. The molecule has 0 amide bonds. The van der Waals surface area contributed by atoms with Gasteiger partial charge < -0.3 is 14.9 Å². The summed E-state index contributed by atoms with van der Waals surface area (Å²) in [6.07, 6.45) is 5.91. The molecule has 2 aliphatic rings. The fourth-order valence-electron chi connectivity index (χ4n) is 4.52. The number of carboxylic acids is 1. The molecule has 1 N–H and O–H groups in total. The van der Waals surface area contributed by atoms with Crippen LogP contribution < -0.4 is 0 Å². The molecule has 152 valence electrons. The van der Waals surface area contributed by atoms with Gasteiger partial charge in [0.25, 0.3) is 0 Å². The third-order valence-electron chi connectivity index (χ3n) is 6.18. The highest BCUT2D eigenvalue weighted by molar-refractivity contribution is 5.83. The number of nitrogens with zero attached hydrogens (tertiary/aromatic N) is 2. The largest absolute Gasteiger partial charge is 0.481 e. The van der Waals surface area contributed by atoms with Crippen molar-refractivity contribution in [2.24, 2.45) is 0 Å². The molecule has 0 bridgehead atoms. The van der Waals surface area contributed by atoms with Crippen molar-refractivity contribution < 1.29 is 9.90 Å². The van der Waals surface area contributed by atoms with Crippen LogP contribution in [0.25, 0.3) is 5.57 Å². The van der Waals surface area contributed by atoms with Gasteiger partial charge in [-0.2, -0.15) is 0 Å². The van der Waals surface area contributed by atoms with Crippen LogP contribution in [0, 0.1) is 0 Å². The summed E-state index contributed by atoms with van der Waals surface area (Å²) in [5.41, 5.74) is 7.05. The zero-order valence-corrected chi connectivity index (χ0v) is 17.0. The summed E-state index contributed by atoms with van der Waals surface area (Å²) in [4.78, 5) is 15.5. The molecule has 0 saturated carbocycles. The molecular formula is C25H30N2O2. The first-order chi connectivity index (χ1) is 14.2. The molecular weight excluding hydrogens is 360 g/mol. The molecule has 1 heterocycles. The summed E-state index contributed by atoms with van der Waals surface area (Å²) >= 11 is 0. The van der Waals surface area contributed by atoms with Crippen LogP contribution in [0.15, 0.2) is 54.6 Å². The molecule has 0 atom stereocenters. The highest BCUT2D eigenvalue weighted by atomic mass is 16.4. The lowest BCUT2D eigenvalue weighted by Gasteiger charge is -2.34. The Morgan fingerprint density at radius 3 is 1.90 bits per heavy atom. The molecule has 0 spiro atoms. The minimum atomic E-state index is -0.706. The standard InChI is InChI=1S/C25H30N2O2/c28-25(29)13-15-27-18-16-26(17-19-27)14-5-10-24-22-8-3-1-6-20(22)11-12-21-7-2-4-9-23(21)24/h1-4,6-10H,5,11-19H2,(H,28,29). The van der Waals surface area contributed by atoms with Gasteiger partial charge in [0, 0.05) is 39.3 Å². The number of fused-ring (bicyclic) bond motifs is 2. The summed E-state index contributed by atoms with van der Waals surface area (Å²) in [6, 6.07) is 17.7. The predicted molar refractivity (Wildman–Crippen MR) is 117 cm³/mol. The molecule has 4 rings (SSSR count). The Kier molecular flexibility index (Phi) is 6.43. The van der Waals surface area contributed by atoms with Gasteiger partial charge in [0.05, 0.1) is 6.42 Å².